The smallest absolute Gasteiger partial charge is 0.410 e. The molecule has 1 aromatic carbocycles. The Kier molecular flexibility index (Phi) is 6.59. The fourth-order valence-electron chi connectivity index (χ4n) is 3.57. The number of benzene rings is 1. The van der Waals surface area contributed by atoms with Crippen LogP contribution in [0.2, 0.25) is 0 Å². The van der Waals surface area contributed by atoms with E-state index in [4.69, 9.17) is 9.47 Å². The number of carbonyl (C=O) groups excluding carboxylic acids is 3. The summed E-state index contributed by atoms with van der Waals surface area (Å²) in [6.45, 7) is 7.13. The van der Waals surface area contributed by atoms with Gasteiger partial charge in [-0.2, -0.15) is 0 Å². The summed E-state index contributed by atoms with van der Waals surface area (Å²) in [6, 6.07) is 7.11. The second-order valence-corrected chi connectivity index (χ2v) is 9.03. The molecule has 184 valence electrons. The van der Waals surface area contributed by atoms with Crippen molar-refractivity contribution in [3.63, 3.8) is 0 Å². The van der Waals surface area contributed by atoms with Crippen molar-refractivity contribution in [3.8, 4) is 11.6 Å². The lowest BCUT2D eigenvalue weighted by Crippen LogP contribution is -2.51. The highest BCUT2D eigenvalue weighted by molar-refractivity contribution is 5.98. The average molecular weight is 482 g/mol. The van der Waals surface area contributed by atoms with E-state index in [1.54, 1.807) is 28.0 Å². The van der Waals surface area contributed by atoms with E-state index in [-0.39, 0.29) is 23.6 Å². The fourth-order valence-corrected chi connectivity index (χ4v) is 3.57. The fraction of sp³-hybridized carbons (Fsp3) is 0.375. The summed E-state index contributed by atoms with van der Waals surface area (Å²) in [6.07, 6.45) is 2.23. The number of aromatic nitrogens is 3. The topological polar surface area (TPSA) is 127 Å². The van der Waals surface area contributed by atoms with Crippen LogP contribution in [0, 0.1) is 0 Å². The Bertz CT molecular complexity index is 1240. The molecule has 1 aliphatic heterocycles. The van der Waals surface area contributed by atoms with Crippen molar-refractivity contribution in [2.45, 2.75) is 26.4 Å². The van der Waals surface area contributed by atoms with E-state index in [1.165, 1.54) is 19.5 Å². The zero-order valence-corrected chi connectivity index (χ0v) is 20.0. The standard InChI is InChI=1S/C24H27N5O6/c1-24(2,3)35-23(32)29-9-7-28(8-10-29)21(30)18-11-15-5-6-16(12-17(15)27-18)34-20-14-25-19(13-26-20)22(31)33-4/h5-6,11-14,27H,7-10H2,1-4H3. The van der Waals surface area contributed by atoms with E-state index in [2.05, 4.69) is 19.7 Å². The lowest BCUT2D eigenvalue weighted by atomic mass is 10.2. The van der Waals surface area contributed by atoms with Crippen molar-refractivity contribution in [1.29, 1.82) is 0 Å². The van der Waals surface area contributed by atoms with Crippen LogP contribution in [0.15, 0.2) is 36.7 Å². The average Bonchev–Trinajstić information content (AvgIpc) is 3.26. The number of nitrogens with one attached hydrogen (secondary N) is 1. The van der Waals surface area contributed by atoms with E-state index in [9.17, 15) is 14.4 Å². The molecule has 3 heterocycles. The first-order valence-electron chi connectivity index (χ1n) is 11.1. The maximum Gasteiger partial charge on any atom is 0.410 e. The minimum absolute atomic E-state index is 0.0785. The van der Waals surface area contributed by atoms with Crippen LogP contribution in [0.3, 0.4) is 0 Å². The summed E-state index contributed by atoms with van der Waals surface area (Å²) < 4.78 is 15.7. The molecule has 1 aliphatic rings. The first-order chi connectivity index (χ1) is 16.6. The maximum atomic E-state index is 13.0. The number of carbonyl (C=O) groups is 3. The predicted molar refractivity (Wildman–Crippen MR) is 125 cm³/mol. The zero-order chi connectivity index (χ0) is 25.2. The highest BCUT2D eigenvalue weighted by Gasteiger charge is 2.28. The minimum atomic E-state index is -0.583. The second-order valence-electron chi connectivity index (χ2n) is 9.03. The molecule has 1 N–H and O–H groups in total. The van der Waals surface area contributed by atoms with Crippen molar-refractivity contribution in [2.75, 3.05) is 33.3 Å². The highest BCUT2D eigenvalue weighted by atomic mass is 16.6. The molecule has 0 radical (unpaired) electrons. The Balaban J connectivity index is 1.40. The van der Waals surface area contributed by atoms with E-state index >= 15 is 0 Å². The number of hydrogen-bond donors (Lipinski definition) is 1. The van der Waals surface area contributed by atoms with E-state index in [0.717, 1.165) is 10.9 Å². The Morgan fingerprint density at radius 1 is 0.971 bits per heavy atom. The monoisotopic (exact) mass is 481 g/mol. The summed E-state index contributed by atoms with van der Waals surface area (Å²) in [7, 11) is 1.27. The van der Waals surface area contributed by atoms with Gasteiger partial charge >= 0.3 is 12.1 Å². The number of aromatic amines is 1. The molecule has 11 nitrogen and oxygen atoms in total. The molecule has 2 aromatic heterocycles. The number of esters is 1. The van der Waals surface area contributed by atoms with Crippen molar-refractivity contribution < 1.29 is 28.6 Å². The molecule has 0 saturated carbocycles. The molecule has 0 unspecified atom stereocenters. The second kappa shape index (κ2) is 9.61. The van der Waals surface area contributed by atoms with E-state index in [0.29, 0.717) is 37.6 Å². The van der Waals surface area contributed by atoms with Crippen LogP contribution >= 0.6 is 0 Å². The third-order valence-corrected chi connectivity index (χ3v) is 5.29. The van der Waals surface area contributed by atoms with Gasteiger partial charge < -0.3 is 29.0 Å². The molecule has 11 heteroatoms. The number of hydrogen-bond acceptors (Lipinski definition) is 8. The van der Waals surface area contributed by atoms with Crippen molar-refractivity contribution in [1.82, 2.24) is 24.8 Å². The quantitative estimate of drug-likeness (QED) is 0.563. The van der Waals surface area contributed by atoms with Crippen LogP contribution in [0.25, 0.3) is 10.9 Å². The number of nitrogens with zero attached hydrogens (tertiary/aromatic N) is 4. The van der Waals surface area contributed by atoms with Gasteiger partial charge in [-0.1, -0.05) is 0 Å². The van der Waals surface area contributed by atoms with Gasteiger partial charge in [0.1, 0.15) is 17.0 Å². The van der Waals surface area contributed by atoms with Crippen LogP contribution in [-0.4, -0.2) is 81.6 Å². The Morgan fingerprint density at radius 3 is 2.31 bits per heavy atom. The zero-order valence-electron chi connectivity index (χ0n) is 20.0. The third kappa shape index (κ3) is 5.68. The van der Waals surface area contributed by atoms with E-state index < -0.39 is 11.6 Å². The molecule has 0 spiro atoms. The molecule has 2 amide bonds. The number of ether oxygens (including phenoxy) is 3. The Morgan fingerprint density at radius 2 is 1.69 bits per heavy atom. The van der Waals surface area contributed by atoms with Crippen LogP contribution in [0.1, 0.15) is 41.7 Å². The molecule has 35 heavy (non-hydrogen) atoms. The molecular weight excluding hydrogens is 454 g/mol. The molecule has 0 bridgehead atoms. The molecule has 0 aliphatic carbocycles. The minimum Gasteiger partial charge on any atom is -0.464 e. The number of H-pyrrole nitrogens is 1. The molecule has 1 saturated heterocycles. The molecule has 3 aromatic rings. The molecule has 4 rings (SSSR count). The van der Waals surface area contributed by atoms with Crippen LogP contribution in [0.5, 0.6) is 11.6 Å². The Hall–Kier alpha value is -4.15. The van der Waals surface area contributed by atoms with Gasteiger partial charge in [0.15, 0.2) is 5.69 Å². The van der Waals surface area contributed by atoms with Crippen LogP contribution in [-0.2, 0) is 9.47 Å². The number of fused-ring (bicyclic) bond motifs is 1. The van der Waals surface area contributed by atoms with Gasteiger partial charge in [-0.3, -0.25) is 4.79 Å². The normalized spacial score (nSPS) is 14.1. The van der Waals surface area contributed by atoms with Crippen molar-refractivity contribution in [3.05, 3.63) is 48.0 Å². The van der Waals surface area contributed by atoms with Gasteiger partial charge in [-0.05, 0) is 39.0 Å². The number of amides is 2. The van der Waals surface area contributed by atoms with Gasteiger partial charge in [-0.25, -0.2) is 19.6 Å². The number of rotatable bonds is 4. The summed E-state index contributed by atoms with van der Waals surface area (Å²) in [5, 5.41) is 0.847. The van der Waals surface area contributed by atoms with Crippen molar-refractivity contribution in [2.24, 2.45) is 0 Å². The van der Waals surface area contributed by atoms with Crippen LogP contribution in [0.4, 0.5) is 4.79 Å². The Labute approximate surface area is 202 Å². The van der Waals surface area contributed by atoms with Gasteiger partial charge in [-0.15, -0.1) is 0 Å². The summed E-state index contributed by atoms with van der Waals surface area (Å²) in [5.41, 5.74) is 0.688. The van der Waals surface area contributed by atoms with Gasteiger partial charge in [0.05, 0.1) is 19.5 Å². The van der Waals surface area contributed by atoms with Gasteiger partial charge in [0.25, 0.3) is 5.91 Å². The lowest BCUT2D eigenvalue weighted by Gasteiger charge is -2.35. The summed E-state index contributed by atoms with van der Waals surface area (Å²) in [5.74, 6) is -0.0239. The first kappa shape index (κ1) is 24.0. The van der Waals surface area contributed by atoms with Crippen LogP contribution < -0.4 is 4.74 Å². The summed E-state index contributed by atoms with van der Waals surface area (Å²) in [4.78, 5) is 51.3. The van der Waals surface area contributed by atoms with Gasteiger partial charge in [0, 0.05) is 43.1 Å². The maximum absolute atomic E-state index is 13.0. The largest absolute Gasteiger partial charge is 0.464 e. The SMILES string of the molecule is COC(=O)c1cnc(Oc2ccc3cc(C(=O)N4CCN(C(=O)OC(C)(C)C)CC4)[nH]c3c2)cn1. The predicted octanol–water partition coefficient (Wildman–Crippen LogP) is 3.23. The summed E-state index contributed by atoms with van der Waals surface area (Å²) >= 11 is 0. The van der Waals surface area contributed by atoms with Gasteiger partial charge in [0.2, 0.25) is 5.88 Å². The van der Waals surface area contributed by atoms with E-state index in [1.807, 2.05) is 26.8 Å². The van der Waals surface area contributed by atoms with Crippen molar-refractivity contribution >= 4 is 28.9 Å². The lowest BCUT2D eigenvalue weighted by molar-refractivity contribution is 0.0140. The molecule has 0 atom stereocenters. The highest BCUT2D eigenvalue weighted by Crippen LogP contribution is 2.25. The number of methoxy groups -OCH3 is 1. The molecule has 1 fully saturated rings. The third-order valence-electron chi connectivity index (χ3n) is 5.29. The first-order valence-corrected chi connectivity index (χ1v) is 11.1. The number of piperazine rings is 1. The molecular formula is C24H27N5O6.